The van der Waals surface area contributed by atoms with E-state index in [2.05, 4.69) is 44.2 Å². The minimum atomic E-state index is 0.349. The van der Waals surface area contributed by atoms with Gasteiger partial charge < -0.3 is 4.74 Å². The molecule has 2 atom stereocenters. The number of hydrogen-bond acceptors (Lipinski definition) is 1. The molecule has 0 heterocycles. The molecule has 0 aliphatic rings. The van der Waals surface area contributed by atoms with Gasteiger partial charge in [0.25, 0.3) is 0 Å². The Hall–Kier alpha value is -0.820. The Morgan fingerprint density at radius 1 is 1.21 bits per heavy atom. The van der Waals surface area contributed by atoms with Crippen LogP contribution in [0.25, 0.3) is 0 Å². The van der Waals surface area contributed by atoms with Gasteiger partial charge in [-0.1, -0.05) is 50.6 Å². The normalized spacial score (nSPS) is 15.1. The molecular formula is C13H20O. The molecule has 0 radical (unpaired) electrons. The quantitative estimate of drug-likeness (QED) is 0.692. The maximum atomic E-state index is 5.51. The first-order chi connectivity index (χ1) is 6.79. The summed E-state index contributed by atoms with van der Waals surface area (Å²) in [6.45, 7) is 4.43. The monoisotopic (exact) mass is 192 g/mol. The second-order valence-electron chi connectivity index (χ2n) is 3.76. The van der Waals surface area contributed by atoms with Crippen molar-refractivity contribution in [1.82, 2.24) is 0 Å². The Bertz CT molecular complexity index is 243. The SMILES string of the molecule is CCCC(OC)C(C)c1ccccc1. The van der Waals surface area contributed by atoms with E-state index in [0.717, 1.165) is 6.42 Å². The molecule has 1 aromatic rings. The van der Waals surface area contributed by atoms with Gasteiger partial charge in [0.1, 0.15) is 0 Å². The summed E-state index contributed by atoms with van der Waals surface area (Å²) in [5.41, 5.74) is 1.37. The summed E-state index contributed by atoms with van der Waals surface area (Å²) in [5, 5.41) is 0. The van der Waals surface area contributed by atoms with Gasteiger partial charge in [0, 0.05) is 13.0 Å². The fourth-order valence-corrected chi connectivity index (χ4v) is 1.83. The van der Waals surface area contributed by atoms with Crippen molar-refractivity contribution in [1.29, 1.82) is 0 Å². The number of rotatable bonds is 5. The summed E-state index contributed by atoms with van der Waals surface area (Å²) in [4.78, 5) is 0. The van der Waals surface area contributed by atoms with Gasteiger partial charge in [-0.3, -0.25) is 0 Å². The van der Waals surface area contributed by atoms with Crippen LogP contribution in [-0.4, -0.2) is 13.2 Å². The van der Waals surface area contributed by atoms with Crippen molar-refractivity contribution < 1.29 is 4.74 Å². The second kappa shape index (κ2) is 5.82. The van der Waals surface area contributed by atoms with E-state index in [9.17, 15) is 0 Å². The second-order valence-corrected chi connectivity index (χ2v) is 3.76. The molecule has 1 rings (SSSR count). The molecule has 0 fully saturated rings. The van der Waals surface area contributed by atoms with Crippen LogP contribution in [0.4, 0.5) is 0 Å². The summed E-state index contributed by atoms with van der Waals surface area (Å²) in [6, 6.07) is 10.6. The minimum absolute atomic E-state index is 0.349. The van der Waals surface area contributed by atoms with Crippen molar-refractivity contribution in [3.8, 4) is 0 Å². The van der Waals surface area contributed by atoms with Crippen molar-refractivity contribution in [2.24, 2.45) is 0 Å². The zero-order chi connectivity index (χ0) is 10.4. The molecule has 0 aliphatic carbocycles. The van der Waals surface area contributed by atoms with Gasteiger partial charge >= 0.3 is 0 Å². The molecule has 1 aromatic carbocycles. The topological polar surface area (TPSA) is 9.23 Å². The van der Waals surface area contributed by atoms with Crippen molar-refractivity contribution in [3.63, 3.8) is 0 Å². The number of ether oxygens (including phenoxy) is 1. The highest BCUT2D eigenvalue weighted by Crippen LogP contribution is 2.23. The van der Waals surface area contributed by atoms with Crippen LogP contribution in [-0.2, 0) is 4.74 Å². The van der Waals surface area contributed by atoms with E-state index in [1.807, 2.05) is 0 Å². The zero-order valence-corrected chi connectivity index (χ0v) is 9.36. The van der Waals surface area contributed by atoms with Crippen molar-refractivity contribution in [3.05, 3.63) is 35.9 Å². The summed E-state index contributed by atoms with van der Waals surface area (Å²) >= 11 is 0. The molecule has 0 spiro atoms. The highest BCUT2D eigenvalue weighted by atomic mass is 16.5. The predicted molar refractivity (Wildman–Crippen MR) is 60.6 cm³/mol. The third-order valence-electron chi connectivity index (χ3n) is 2.76. The lowest BCUT2D eigenvalue weighted by Gasteiger charge is -2.22. The Labute approximate surface area is 87.1 Å². The van der Waals surface area contributed by atoms with E-state index in [-0.39, 0.29) is 0 Å². The molecule has 0 N–H and O–H groups in total. The lowest BCUT2D eigenvalue weighted by molar-refractivity contribution is 0.0758. The number of hydrogen-bond donors (Lipinski definition) is 0. The molecule has 1 heteroatoms. The molecule has 0 amide bonds. The van der Waals surface area contributed by atoms with Crippen LogP contribution >= 0.6 is 0 Å². The lowest BCUT2D eigenvalue weighted by Crippen LogP contribution is -2.18. The molecule has 2 unspecified atom stereocenters. The highest BCUT2D eigenvalue weighted by Gasteiger charge is 2.16. The molecule has 0 aromatic heterocycles. The highest BCUT2D eigenvalue weighted by molar-refractivity contribution is 5.19. The third-order valence-corrected chi connectivity index (χ3v) is 2.76. The van der Waals surface area contributed by atoms with Gasteiger partial charge in [-0.2, -0.15) is 0 Å². The fraction of sp³-hybridized carbons (Fsp3) is 0.538. The Morgan fingerprint density at radius 2 is 1.86 bits per heavy atom. The predicted octanol–water partition coefficient (Wildman–Crippen LogP) is 3.61. The van der Waals surface area contributed by atoms with E-state index in [1.165, 1.54) is 12.0 Å². The largest absolute Gasteiger partial charge is 0.381 e. The van der Waals surface area contributed by atoms with Gasteiger partial charge in [0.2, 0.25) is 0 Å². The minimum Gasteiger partial charge on any atom is -0.381 e. The van der Waals surface area contributed by atoms with Crippen molar-refractivity contribution in [2.75, 3.05) is 7.11 Å². The van der Waals surface area contributed by atoms with Crippen LogP contribution < -0.4 is 0 Å². The van der Waals surface area contributed by atoms with Crippen LogP contribution in [0, 0.1) is 0 Å². The average Bonchev–Trinajstić information content (AvgIpc) is 2.26. The van der Waals surface area contributed by atoms with Crippen LogP contribution in [0.1, 0.15) is 38.2 Å². The van der Waals surface area contributed by atoms with Gasteiger partial charge in [-0.25, -0.2) is 0 Å². The summed E-state index contributed by atoms with van der Waals surface area (Å²) in [7, 11) is 1.81. The van der Waals surface area contributed by atoms with Crippen molar-refractivity contribution in [2.45, 2.75) is 38.7 Å². The molecule has 14 heavy (non-hydrogen) atoms. The van der Waals surface area contributed by atoms with E-state index in [0.29, 0.717) is 12.0 Å². The molecule has 0 aliphatic heterocycles. The molecule has 0 saturated carbocycles. The van der Waals surface area contributed by atoms with E-state index in [1.54, 1.807) is 7.11 Å². The zero-order valence-electron chi connectivity index (χ0n) is 9.36. The summed E-state index contributed by atoms with van der Waals surface area (Å²) in [6.07, 6.45) is 2.66. The van der Waals surface area contributed by atoms with Gasteiger partial charge in [-0.05, 0) is 12.0 Å². The molecule has 0 bridgehead atoms. The third kappa shape index (κ3) is 2.85. The maximum Gasteiger partial charge on any atom is 0.0637 e. The average molecular weight is 192 g/mol. The van der Waals surface area contributed by atoms with E-state index >= 15 is 0 Å². The lowest BCUT2D eigenvalue weighted by atomic mass is 9.93. The maximum absolute atomic E-state index is 5.51. The first-order valence-corrected chi connectivity index (χ1v) is 5.37. The summed E-state index contributed by atoms with van der Waals surface area (Å²) < 4.78 is 5.51. The van der Waals surface area contributed by atoms with E-state index in [4.69, 9.17) is 4.74 Å². The number of methoxy groups -OCH3 is 1. The fourth-order valence-electron chi connectivity index (χ4n) is 1.83. The molecule has 1 nitrogen and oxygen atoms in total. The molecule has 0 saturated heterocycles. The van der Waals surface area contributed by atoms with Crippen LogP contribution in [0.15, 0.2) is 30.3 Å². The van der Waals surface area contributed by atoms with Crippen LogP contribution in [0.3, 0.4) is 0 Å². The Kier molecular flexibility index (Phi) is 4.68. The molecular weight excluding hydrogens is 172 g/mol. The first-order valence-electron chi connectivity index (χ1n) is 5.37. The number of benzene rings is 1. The van der Waals surface area contributed by atoms with Gasteiger partial charge in [0.05, 0.1) is 6.10 Å². The summed E-state index contributed by atoms with van der Waals surface area (Å²) in [5.74, 6) is 0.487. The van der Waals surface area contributed by atoms with Gasteiger partial charge in [-0.15, -0.1) is 0 Å². The standard InChI is InChI=1S/C13H20O/c1-4-8-13(14-3)11(2)12-9-6-5-7-10-12/h5-7,9-11,13H,4,8H2,1-3H3. The van der Waals surface area contributed by atoms with Crippen molar-refractivity contribution >= 4 is 0 Å². The van der Waals surface area contributed by atoms with Crippen LogP contribution in [0.5, 0.6) is 0 Å². The Morgan fingerprint density at radius 3 is 2.36 bits per heavy atom. The van der Waals surface area contributed by atoms with Crippen LogP contribution in [0.2, 0.25) is 0 Å². The first kappa shape index (κ1) is 11.3. The smallest absolute Gasteiger partial charge is 0.0637 e. The molecule has 78 valence electrons. The van der Waals surface area contributed by atoms with Gasteiger partial charge in [0.15, 0.2) is 0 Å². The van der Waals surface area contributed by atoms with E-state index < -0.39 is 0 Å². The Balaban J connectivity index is 2.67.